The number of aliphatic hydroxyl groups is 1. The minimum Gasteiger partial charge on any atom is -0.394 e. The fraction of sp³-hybridized carbons (Fsp3) is 0.429. The number of H-pyrrole nitrogens is 1. The number of nitrogens with one attached hydrogen (secondary N) is 1. The molecule has 0 spiro atoms. The van der Waals surface area contributed by atoms with E-state index < -0.39 is 17.5 Å². The third-order valence-electron chi connectivity index (χ3n) is 3.85. The average Bonchev–Trinajstić information content (AvgIpc) is 3.10. The highest BCUT2D eigenvalue weighted by Crippen LogP contribution is 2.35. The van der Waals surface area contributed by atoms with E-state index in [0.29, 0.717) is 12.0 Å². The van der Waals surface area contributed by atoms with E-state index >= 15 is 0 Å². The van der Waals surface area contributed by atoms with Gasteiger partial charge in [0.25, 0.3) is 5.56 Å². The Balaban J connectivity index is 1.93. The van der Waals surface area contributed by atoms with Crippen molar-refractivity contribution in [2.24, 2.45) is 0 Å². The van der Waals surface area contributed by atoms with Crippen molar-refractivity contribution >= 4 is 0 Å². The van der Waals surface area contributed by atoms with E-state index in [9.17, 15) is 14.7 Å². The number of rotatable bonds is 3. The first-order valence-corrected chi connectivity index (χ1v) is 6.81. The number of hydrogen-bond donors (Lipinski definition) is 2. The first-order valence-electron chi connectivity index (χ1n) is 6.81. The lowest BCUT2D eigenvalue weighted by Crippen LogP contribution is -2.33. The molecular formula is C14H17N3O4. The van der Waals surface area contributed by atoms with Crippen LogP contribution in [0.4, 0.5) is 0 Å². The molecule has 2 N–H and O–H groups in total. The van der Waals surface area contributed by atoms with Gasteiger partial charge in [0.05, 0.1) is 12.6 Å². The van der Waals surface area contributed by atoms with Crippen LogP contribution in [0.2, 0.25) is 0 Å². The highest BCUT2D eigenvalue weighted by Gasteiger charge is 2.37. The fourth-order valence-corrected chi connectivity index (χ4v) is 2.73. The van der Waals surface area contributed by atoms with Gasteiger partial charge in [-0.05, 0) is 19.1 Å². The van der Waals surface area contributed by atoms with Crippen molar-refractivity contribution in [1.29, 1.82) is 0 Å². The molecular weight excluding hydrogens is 274 g/mol. The van der Waals surface area contributed by atoms with E-state index in [-0.39, 0.29) is 18.8 Å². The monoisotopic (exact) mass is 291 g/mol. The molecule has 0 aliphatic carbocycles. The highest BCUT2D eigenvalue weighted by molar-refractivity contribution is 5.03. The van der Waals surface area contributed by atoms with Crippen LogP contribution in [0.25, 0.3) is 0 Å². The Labute approximate surface area is 120 Å². The summed E-state index contributed by atoms with van der Waals surface area (Å²) in [7, 11) is 0. The van der Waals surface area contributed by atoms with E-state index in [0.717, 1.165) is 0 Å². The third-order valence-corrected chi connectivity index (χ3v) is 3.85. The largest absolute Gasteiger partial charge is 0.394 e. The topological polar surface area (TPSA) is 89.2 Å². The SMILES string of the molecule is Cc1cn([C@H]2C[C@H](n3cccc3)[C@@H](CO)O2)c(=O)[nH]c1=O. The quantitative estimate of drug-likeness (QED) is 0.843. The van der Waals surface area contributed by atoms with Crippen molar-refractivity contribution in [2.45, 2.75) is 31.7 Å². The molecule has 0 amide bonds. The Hall–Kier alpha value is -2.12. The molecule has 21 heavy (non-hydrogen) atoms. The van der Waals surface area contributed by atoms with Gasteiger partial charge >= 0.3 is 5.69 Å². The van der Waals surface area contributed by atoms with E-state index in [2.05, 4.69) is 4.98 Å². The van der Waals surface area contributed by atoms with Crippen molar-refractivity contribution in [3.63, 3.8) is 0 Å². The van der Waals surface area contributed by atoms with Gasteiger partial charge in [-0.1, -0.05) is 0 Å². The van der Waals surface area contributed by atoms with Crippen molar-refractivity contribution in [1.82, 2.24) is 14.1 Å². The van der Waals surface area contributed by atoms with Gasteiger partial charge in [0.1, 0.15) is 12.3 Å². The van der Waals surface area contributed by atoms with Crippen LogP contribution < -0.4 is 11.2 Å². The number of aromatic nitrogens is 3. The molecule has 2 aromatic heterocycles. The molecule has 112 valence electrons. The van der Waals surface area contributed by atoms with Crippen molar-refractivity contribution < 1.29 is 9.84 Å². The predicted octanol–water partition coefficient (Wildman–Crippen LogP) is 0.168. The smallest absolute Gasteiger partial charge is 0.330 e. The molecule has 1 fully saturated rings. The molecule has 7 heteroatoms. The van der Waals surface area contributed by atoms with Crippen LogP contribution in [0.3, 0.4) is 0 Å². The van der Waals surface area contributed by atoms with Crippen LogP contribution in [0.5, 0.6) is 0 Å². The Morgan fingerprint density at radius 2 is 2.10 bits per heavy atom. The Morgan fingerprint density at radius 3 is 2.76 bits per heavy atom. The normalized spacial score (nSPS) is 25.3. The standard InChI is InChI=1S/C14H17N3O4/c1-9-7-17(14(20)15-13(9)19)12-6-10(11(8-18)21-12)16-4-2-3-5-16/h2-5,7,10-12,18H,6,8H2,1H3,(H,15,19,20)/t10-,11+,12+/m0/s1. The maximum absolute atomic E-state index is 11.9. The number of nitrogens with zero attached hydrogens (tertiary/aromatic N) is 2. The Bertz CT molecular complexity index is 731. The molecule has 1 saturated heterocycles. The summed E-state index contributed by atoms with van der Waals surface area (Å²) in [5, 5.41) is 9.48. The zero-order valence-corrected chi connectivity index (χ0v) is 11.6. The first-order chi connectivity index (χ1) is 10.1. The Kier molecular flexibility index (Phi) is 3.52. The second-order valence-corrected chi connectivity index (χ2v) is 5.22. The average molecular weight is 291 g/mol. The van der Waals surface area contributed by atoms with Gasteiger partial charge in [0.2, 0.25) is 0 Å². The van der Waals surface area contributed by atoms with E-state index in [1.807, 2.05) is 29.1 Å². The van der Waals surface area contributed by atoms with Gasteiger partial charge in [-0.25, -0.2) is 4.79 Å². The lowest BCUT2D eigenvalue weighted by molar-refractivity contribution is -0.0315. The molecule has 3 atom stereocenters. The van der Waals surface area contributed by atoms with Crippen LogP contribution in [-0.4, -0.2) is 31.9 Å². The van der Waals surface area contributed by atoms with E-state index in [1.165, 1.54) is 10.8 Å². The number of hydrogen-bond acceptors (Lipinski definition) is 4. The van der Waals surface area contributed by atoms with Crippen molar-refractivity contribution in [3.8, 4) is 0 Å². The predicted molar refractivity (Wildman–Crippen MR) is 75.1 cm³/mol. The number of ether oxygens (including phenoxy) is 1. The lowest BCUT2D eigenvalue weighted by Gasteiger charge is -2.17. The summed E-state index contributed by atoms with van der Waals surface area (Å²) >= 11 is 0. The van der Waals surface area contributed by atoms with Crippen LogP contribution in [0.1, 0.15) is 24.3 Å². The van der Waals surface area contributed by atoms with Gasteiger partial charge in [0.15, 0.2) is 0 Å². The summed E-state index contributed by atoms with van der Waals surface area (Å²) in [5.41, 5.74) is -0.446. The fourth-order valence-electron chi connectivity index (χ4n) is 2.73. The molecule has 3 heterocycles. The zero-order valence-electron chi connectivity index (χ0n) is 11.6. The third kappa shape index (κ3) is 2.45. The maximum atomic E-state index is 11.9. The summed E-state index contributed by atoms with van der Waals surface area (Å²) in [6, 6.07) is 3.75. The van der Waals surface area contributed by atoms with E-state index in [4.69, 9.17) is 4.74 Å². The molecule has 1 aliphatic heterocycles. The summed E-state index contributed by atoms with van der Waals surface area (Å²) < 4.78 is 9.12. The molecule has 2 aromatic rings. The van der Waals surface area contributed by atoms with Crippen LogP contribution in [-0.2, 0) is 4.74 Å². The van der Waals surface area contributed by atoms with Crippen molar-refractivity contribution in [3.05, 3.63) is 57.1 Å². The number of aliphatic hydroxyl groups excluding tert-OH is 1. The first kappa shape index (κ1) is 13.8. The van der Waals surface area contributed by atoms with Crippen LogP contribution in [0, 0.1) is 6.92 Å². The van der Waals surface area contributed by atoms with Gasteiger partial charge in [-0.15, -0.1) is 0 Å². The van der Waals surface area contributed by atoms with Gasteiger partial charge in [0, 0.05) is 30.6 Å². The number of aromatic amines is 1. The Morgan fingerprint density at radius 1 is 1.38 bits per heavy atom. The van der Waals surface area contributed by atoms with Crippen LogP contribution in [0.15, 0.2) is 40.3 Å². The van der Waals surface area contributed by atoms with Crippen molar-refractivity contribution in [2.75, 3.05) is 6.61 Å². The van der Waals surface area contributed by atoms with Gasteiger partial charge < -0.3 is 14.4 Å². The highest BCUT2D eigenvalue weighted by atomic mass is 16.5. The van der Waals surface area contributed by atoms with Gasteiger partial charge in [-0.2, -0.15) is 0 Å². The summed E-state index contributed by atoms with van der Waals surface area (Å²) in [6.07, 6.45) is 4.96. The minimum absolute atomic E-state index is 0.0471. The molecule has 0 saturated carbocycles. The zero-order chi connectivity index (χ0) is 15.0. The minimum atomic E-state index is -0.502. The molecule has 0 radical (unpaired) electrons. The summed E-state index contributed by atoms with van der Waals surface area (Å²) in [6.45, 7) is 1.51. The maximum Gasteiger partial charge on any atom is 0.330 e. The number of aryl methyl sites for hydroxylation is 1. The molecule has 7 nitrogen and oxygen atoms in total. The van der Waals surface area contributed by atoms with E-state index in [1.54, 1.807) is 6.92 Å². The summed E-state index contributed by atoms with van der Waals surface area (Å²) in [5.74, 6) is 0. The molecule has 1 aliphatic rings. The van der Waals surface area contributed by atoms with Crippen LogP contribution >= 0.6 is 0 Å². The summed E-state index contributed by atoms with van der Waals surface area (Å²) in [4.78, 5) is 25.6. The second-order valence-electron chi connectivity index (χ2n) is 5.22. The second kappa shape index (κ2) is 5.34. The molecule has 0 unspecified atom stereocenters. The molecule has 3 rings (SSSR count). The van der Waals surface area contributed by atoms with Gasteiger partial charge in [-0.3, -0.25) is 14.3 Å². The molecule has 0 aromatic carbocycles. The molecule has 0 bridgehead atoms. The lowest BCUT2D eigenvalue weighted by atomic mass is 10.1.